The van der Waals surface area contributed by atoms with Gasteiger partial charge in [0.25, 0.3) is 0 Å². The number of benzene rings is 2. The number of methoxy groups -OCH3 is 1. The Kier molecular flexibility index (Phi) is 5.52. The molecule has 2 aromatic carbocycles. The van der Waals surface area contributed by atoms with Gasteiger partial charge in [-0.05, 0) is 66.8 Å². The second kappa shape index (κ2) is 9.00. The maximum absolute atomic E-state index is 11.8. The van der Waals surface area contributed by atoms with E-state index in [1.54, 1.807) is 19.2 Å². The third-order valence-electron chi connectivity index (χ3n) is 6.76. The first-order chi connectivity index (χ1) is 17.6. The standard InChI is InChI=1S/C29H26N4O3/c1-36-25-17-22(29(34)35)15-23-26(25)33-18-20-10-6-9-19(14-20)8-4-2-3-5-13-32-24(28(33)31-23)16-21-11-7-12-30-27(21)32/h4,6-12,14-17H,2-3,5,13,18H2,1H3,(H,34,35)/b8-4-. The molecule has 36 heavy (non-hydrogen) atoms. The van der Waals surface area contributed by atoms with Crippen molar-refractivity contribution in [2.45, 2.75) is 32.4 Å². The predicted molar refractivity (Wildman–Crippen MR) is 140 cm³/mol. The van der Waals surface area contributed by atoms with Crippen LogP contribution < -0.4 is 4.74 Å². The fraction of sp³-hybridized carbons (Fsp3) is 0.207. The molecule has 4 heterocycles. The first kappa shape index (κ1) is 22.1. The van der Waals surface area contributed by atoms with Crippen LogP contribution in [0.25, 0.3) is 39.7 Å². The van der Waals surface area contributed by atoms with Gasteiger partial charge in [-0.2, -0.15) is 0 Å². The fourth-order valence-corrected chi connectivity index (χ4v) is 5.09. The van der Waals surface area contributed by atoms with Crippen LogP contribution in [-0.2, 0) is 13.1 Å². The molecule has 0 spiro atoms. The SMILES string of the molecule is COc1cc(C(=O)O)cc2nc3n(c12)Cc1cccc(c1)/C=C\CCCCn1c-3cc2cccnc21. The van der Waals surface area contributed by atoms with Gasteiger partial charge in [-0.25, -0.2) is 14.8 Å². The summed E-state index contributed by atoms with van der Waals surface area (Å²) < 4.78 is 10.1. The number of aromatic nitrogens is 4. The third-order valence-corrected chi connectivity index (χ3v) is 6.76. The van der Waals surface area contributed by atoms with E-state index in [2.05, 4.69) is 62.7 Å². The van der Waals surface area contributed by atoms with E-state index < -0.39 is 5.97 Å². The average Bonchev–Trinajstić information content (AvgIpc) is 3.43. The molecule has 2 bridgehead atoms. The molecule has 6 rings (SSSR count). The Labute approximate surface area is 208 Å². The molecule has 0 atom stereocenters. The summed E-state index contributed by atoms with van der Waals surface area (Å²) in [6.45, 7) is 1.38. The van der Waals surface area contributed by atoms with Crippen LogP contribution in [0.2, 0.25) is 0 Å². The lowest BCUT2D eigenvalue weighted by Gasteiger charge is -2.15. The molecule has 0 radical (unpaired) electrons. The average molecular weight is 479 g/mol. The van der Waals surface area contributed by atoms with E-state index in [1.807, 2.05) is 12.3 Å². The van der Waals surface area contributed by atoms with Gasteiger partial charge in [0.15, 0.2) is 5.82 Å². The second-order valence-corrected chi connectivity index (χ2v) is 9.11. The van der Waals surface area contributed by atoms with Crippen molar-refractivity contribution in [2.75, 3.05) is 7.11 Å². The van der Waals surface area contributed by atoms with E-state index in [-0.39, 0.29) is 5.56 Å². The van der Waals surface area contributed by atoms with Gasteiger partial charge in [0.1, 0.15) is 16.9 Å². The minimum Gasteiger partial charge on any atom is -0.494 e. The number of imidazole rings is 1. The number of aryl methyl sites for hydroxylation is 1. The first-order valence-corrected chi connectivity index (χ1v) is 12.1. The zero-order valence-electron chi connectivity index (χ0n) is 20.0. The number of hydrogen-bond donors (Lipinski definition) is 1. The molecule has 0 saturated heterocycles. The molecule has 3 aromatic heterocycles. The smallest absolute Gasteiger partial charge is 0.335 e. The minimum atomic E-state index is -1.01. The molecule has 180 valence electrons. The van der Waals surface area contributed by atoms with Crippen molar-refractivity contribution in [3.05, 3.63) is 83.6 Å². The van der Waals surface area contributed by atoms with Crippen LogP contribution in [0, 0.1) is 0 Å². The van der Waals surface area contributed by atoms with Gasteiger partial charge in [-0.1, -0.05) is 30.4 Å². The molecule has 0 fully saturated rings. The van der Waals surface area contributed by atoms with Crippen LogP contribution >= 0.6 is 0 Å². The Morgan fingerprint density at radius 1 is 1.06 bits per heavy atom. The summed E-state index contributed by atoms with van der Waals surface area (Å²) in [4.78, 5) is 21.5. The number of ether oxygens (including phenoxy) is 1. The highest BCUT2D eigenvalue weighted by Gasteiger charge is 2.23. The van der Waals surface area contributed by atoms with Gasteiger partial charge >= 0.3 is 5.97 Å². The summed E-state index contributed by atoms with van der Waals surface area (Å²) in [5.74, 6) is 0.242. The number of fused-ring (bicyclic) bond motifs is 9. The van der Waals surface area contributed by atoms with Gasteiger partial charge in [0.2, 0.25) is 0 Å². The topological polar surface area (TPSA) is 82.2 Å². The van der Waals surface area contributed by atoms with Crippen molar-refractivity contribution < 1.29 is 14.6 Å². The quantitative estimate of drug-likeness (QED) is 0.336. The van der Waals surface area contributed by atoms with E-state index in [4.69, 9.17) is 9.72 Å². The van der Waals surface area contributed by atoms with E-state index in [0.29, 0.717) is 17.8 Å². The van der Waals surface area contributed by atoms with Gasteiger partial charge < -0.3 is 19.0 Å². The monoisotopic (exact) mass is 478 g/mol. The summed E-state index contributed by atoms with van der Waals surface area (Å²) in [7, 11) is 1.57. The molecule has 0 unspecified atom stereocenters. The third kappa shape index (κ3) is 3.82. The summed E-state index contributed by atoms with van der Waals surface area (Å²) in [6.07, 6.45) is 9.32. The molecule has 7 heteroatoms. The van der Waals surface area contributed by atoms with Gasteiger partial charge in [-0.15, -0.1) is 0 Å². The van der Waals surface area contributed by atoms with Crippen LogP contribution in [0.15, 0.2) is 66.9 Å². The number of carboxylic acid groups (broad SMARTS) is 1. The molecule has 0 amide bonds. The Bertz CT molecular complexity index is 1640. The number of carboxylic acids is 1. The van der Waals surface area contributed by atoms with Crippen LogP contribution in [0.1, 0.15) is 40.7 Å². The Balaban J connectivity index is 1.67. The number of rotatable bonds is 2. The molecule has 5 aromatic rings. The first-order valence-electron chi connectivity index (χ1n) is 12.1. The van der Waals surface area contributed by atoms with Crippen LogP contribution in [0.5, 0.6) is 5.75 Å². The minimum absolute atomic E-state index is 0.149. The number of nitrogens with zero attached hydrogens (tertiary/aromatic N) is 4. The maximum atomic E-state index is 11.8. The van der Waals surface area contributed by atoms with Crippen LogP contribution in [0.4, 0.5) is 0 Å². The van der Waals surface area contributed by atoms with Crippen molar-refractivity contribution in [3.63, 3.8) is 0 Å². The normalized spacial score (nSPS) is 14.7. The molecular weight excluding hydrogens is 452 g/mol. The molecule has 1 aliphatic rings. The van der Waals surface area contributed by atoms with Gasteiger partial charge in [0, 0.05) is 24.7 Å². The van der Waals surface area contributed by atoms with Crippen molar-refractivity contribution in [1.82, 2.24) is 19.1 Å². The molecule has 0 saturated carbocycles. The lowest BCUT2D eigenvalue weighted by Crippen LogP contribution is -2.08. The molecule has 0 aliphatic carbocycles. The number of carbonyl (C=O) groups is 1. The van der Waals surface area contributed by atoms with Crippen molar-refractivity contribution >= 4 is 34.1 Å². The highest BCUT2D eigenvalue weighted by molar-refractivity contribution is 5.96. The van der Waals surface area contributed by atoms with E-state index in [1.165, 1.54) is 0 Å². The Hall–Kier alpha value is -4.39. The lowest BCUT2D eigenvalue weighted by molar-refractivity contribution is 0.0696. The van der Waals surface area contributed by atoms with Crippen molar-refractivity contribution in [1.29, 1.82) is 0 Å². The predicted octanol–water partition coefficient (Wildman–Crippen LogP) is 6.01. The molecule has 1 aliphatic heterocycles. The molecule has 1 N–H and O–H groups in total. The summed E-state index contributed by atoms with van der Waals surface area (Å²) >= 11 is 0. The van der Waals surface area contributed by atoms with Crippen LogP contribution in [0.3, 0.4) is 0 Å². The Morgan fingerprint density at radius 2 is 1.97 bits per heavy atom. The largest absolute Gasteiger partial charge is 0.494 e. The fourth-order valence-electron chi connectivity index (χ4n) is 5.09. The number of aromatic carboxylic acids is 1. The summed E-state index contributed by atoms with van der Waals surface area (Å²) in [6, 6.07) is 17.8. The van der Waals surface area contributed by atoms with Crippen molar-refractivity contribution in [2.24, 2.45) is 0 Å². The van der Waals surface area contributed by atoms with Crippen LogP contribution in [-0.4, -0.2) is 37.3 Å². The summed E-state index contributed by atoms with van der Waals surface area (Å²) in [5, 5.41) is 10.7. The highest BCUT2D eigenvalue weighted by atomic mass is 16.5. The lowest BCUT2D eigenvalue weighted by atomic mass is 10.1. The number of hydrogen-bond acceptors (Lipinski definition) is 4. The zero-order chi connectivity index (χ0) is 24.6. The molecule has 7 nitrogen and oxygen atoms in total. The van der Waals surface area contributed by atoms with E-state index in [9.17, 15) is 9.90 Å². The zero-order valence-corrected chi connectivity index (χ0v) is 20.0. The van der Waals surface area contributed by atoms with Crippen molar-refractivity contribution in [3.8, 4) is 17.3 Å². The van der Waals surface area contributed by atoms with Gasteiger partial charge in [-0.3, -0.25) is 0 Å². The van der Waals surface area contributed by atoms with E-state index >= 15 is 0 Å². The highest BCUT2D eigenvalue weighted by Crippen LogP contribution is 2.35. The maximum Gasteiger partial charge on any atom is 0.335 e. The number of allylic oxidation sites excluding steroid dienone is 1. The second-order valence-electron chi connectivity index (χ2n) is 9.11. The van der Waals surface area contributed by atoms with Gasteiger partial charge in [0.05, 0.1) is 23.9 Å². The summed E-state index contributed by atoms with van der Waals surface area (Å²) in [5.41, 5.74) is 5.68. The van der Waals surface area contributed by atoms with E-state index in [0.717, 1.165) is 65.0 Å². The number of pyridine rings is 1. The molecular formula is C29H26N4O3. The Morgan fingerprint density at radius 3 is 2.83 bits per heavy atom.